The van der Waals surface area contributed by atoms with Gasteiger partial charge in [-0.3, -0.25) is 19.3 Å². The summed E-state index contributed by atoms with van der Waals surface area (Å²) in [5.74, 6) is -0.956. The van der Waals surface area contributed by atoms with Crippen LogP contribution in [0.2, 0.25) is 0 Å². The van der Waals surface area contributed by atoms with Crippen LogP contribution in [0.3, 0.4) is 0 Å². The van der Waals surface area contributed by atoms with Gasteiger partial charge in [0.25, 0.3) is 0 Å². The summed E-state index contributed by atoms with van der Waals surface area (Å²) in [5, 5.41) is 7.22. The largest absolute Gasteiger partial charge is 0.445 e. The Morgan fingerprint density at radius 2 is 1.69 bits per heavy atom. The minimum absolute atomic E-state index is 0.0784. The molecule has 3 heterocycles. The third-order valence-corrected chi connectivity index (χ3v) is 10.3. The van der Waals surface area contributed by atoms with Crippen molar-refractivity contribution in [3.63, 3.8) is 0 Å². The number of carbonyl (C=O) groups excluding carboxylic acids is 4. The van der Waals surface area contributed by atoms with E-state index in [1.165, 1.54) is 17.5 Å². The van der Waals surface area contributed by atoms with Gasteiger partial charge in [-0.1, -0.05) is 72.8 Å². The van der Waals surface area contributed by atoms with Crippen molar-refractivity contribution in [2.75, 3.05) is 7.05 Å². The molecule has 3 aliphatic rings. The fourth-order valence-electron chi connectivity index (χ4n) is 7.59. The minimum atomic E-state index is -0.930. The molecular formula is C38H41N5O5. The molecule has 2 aliphatic heterocycles. The van der Waals surface area contributed by atoms with Crippen molar-refractivity contribution >= 4 is 34.7 Å². The Hall–Kier alpha value is -5.12. The summed E-state index contributed by atoms with van der Waals surface area (Å²) in [6.07, 6.45) is 3.57. The van der Waals surface area contributed by atoms with E-state index in [-0.39, 0.29) is 36.9 Å². The van der Waals surface area contributed by atoms with Crippen molar-refractivity contribution in [1.82, 2.24) is 25.4 Å². The molecule has 1 aliphatic carbocycles. The zero-order valence-electron chi connectivity index (χ0n) is 27.3. The number of carbonyl (C=O) groups is 4. The molecule has 248 valence electrons. The van der Waals surface area contributed by atoms with E-state index in [2.05, 4.69) is 27.8 Å². The molecule has 48 heavy (non-hydrogen) atoms. The highest BCUT2D eigenvalue weighted by atomic mass is 16.6. The lowest BCUT2D eigenvalue weighted by Gasteiger charge is -2.33. The van der Waals surface area contributed by atoms with Gasteiger partial charge >= 0.3 is 6.09 Å². The number of amides is 4. The van der Waals surface area contributed by atoms with Crippen LogP contribution in [0.25, 0.3) is 10.9 Å². The molecule has 0 spiro atoms. The molecule has 0 bridgehead atoms. The number of ether oxygens (including phenoxy) is 1. The van der Waals surface area contributed by atoms with Crippen molar-refractivity contribution < 1.29 is 23.9 Å². The van der Waals surface area contributed by atoms with E-state index in [1.807, 2.05) is 66.7 Å². The highest BCUT2D eigenvalue weighted by molar-refractivity contribution is 5.96. The van der Waals surface area contributed by atoms with E-state index in [0.29, 0.717) is 12.8 Å². The van der Waals surface area contributed by atoms with Crippen molar-refractivity contribution in [2.45, 2.75) is 82.3 Å². The van der Waals surface area contributed by atoms with Gasteiger partial charge in [0.1, 0.15) is 24.7 Å². The summed E-state index contributed by atoms with van der Waals surface area (Å²) in [6, 6.07) is 22.5. The third kappa shape index (κ3) is 5.91. The van der Waals surface area contributed by atoms with Crippen molar-refractivity contribution in [3.8, 4) is 0 Å². The number of fused-ring (bicyclic) bond motifs is 6. The average Bonchev–Trinajstić information content (AvgIpc) is 3.69. The topological polar surface area (TPSA) is 124 Å². The van der Waals surface area contributed by atoms with E-state index in [9.17, 15) is 19.2 Å². The Labute approximate surface area is 279 Å². The van der Waals surface area contributed by atoms with Gasteiger partial charge in [-0.25, -0.2) is 4.79 Å². The van der Waals surface area contributed by atoms with E-state index in [4.69, 9.17) is 4.74 Å². The minimum Gasteiger partial charge on any atom is -0.445 e. The van der Waals surface area contributed by atoms with Crippen molar-refractivity contribution in [2.24, 2.45) is 0 Å². The first kappa shape index (κ1) is 31.5. The summed E-state index contributed by atoms with van der Waals surface area (Å²) in [4.78, 5) is 61.5. The molecule has 10 heteroatoms. The quantitative estimate of drug-likeness (QED) is 0.258. The molecule has 1 fully saturated rings. The van der Waals surface area contributed by atoms with Gasteiger partial charge < -0.3 is 25.3 Å². The maximum Gasteiger partial charge on any atom is 0.410 e. The van der Waals surface area contributed by atoms with Crippen molar-refractivity contribution in [3.05, 3.63) is 107 Å². The Morgan fingerprint density at radius 3 is 2.52 bits per heavy atom. The normalized spacial score (nSPS) is 22.1. The molecule has 3 aromatic carbocycles. The summed E-state index contributed by atoms with van der Waals surface area (Å²) in [5.41, 5.74) is 6.04. The van der Waals surface area contributed by atoms with Crippen LogP contribution in [0.5, 0.6) is 0 Å². The lowest BCUT2D eigenvalue weighted by molar-refractivity contribution is -0.143. The predicted octanol–water partition coefficient (Wildman–Crippen LogP) is 5.09. The smallest absolute Gasteiger partial charge is 0.410 e. The van der Waals surface area contributed by atoms with Crippen molar-refractivity contribution in [1.29, 1.82) is 0 Å². The fourth-order valence-corrected chi connectivity index (χ4v) is 7.59. The molecule has 1 saturated heterocycles. The van der Waals surface area contributed by atoms with Crippen LogP contribution in [0.15, 0.2) is 78.9 Å². The molecule has 10 nitrogen and oxygen atoms in total. The summed E-state index contributed by atoms with van der Waals surface area (Å²) >= 11 is 0. The van der Waals surface area contributed by atoms with E-state index in [0.717, 1.165) is 52.5 Å². The maximum absolute atomic E-state index is 14.5. The molecule has 3 N–H and O–H groups in total. The molecule has 5 atom stereocenters. The summed E-state index contributed by atoms with van der Waals surface area (Å²) in [7, 11) is 1.50. The molecule has 0 radical (unpaired) electrons. The molecule has 4 aromatic rings. The van der Waals surface area contributed by atoms with Gasteiger partial charge in [-0.2, -0.15) is 0 Å². The van der Waals surface area contributed by atoms with E-state index >= 15 is 0 Å². The average molecular weight is 648 g/mol. The number of hydrogen-bond acceptors (Lipinski definition) is 5. The lowest BCUT2D eigenvalue weighted by Crippen LogP contribution is -2.56. The summed E-state index contributed by atoms with van der Waals surface area (Å²) in [6.45, 7) is 1.68. The summed E-state index contributed by atoms with van der Waals surface area (Å²) < 4.78 is 5.44. The lowest BCUT2D eigenvalue weighted by atomic mass is 9.87. The van der Waals surface area contributed by atoms with Gasteiger partial charge in [0.15, 0.2) is 0 Å². The monoisotopic (exact) mass is 647 g/mol. The number of rotatable bonds is 7. The van der Waals surface area contributed by atoms with Crippen LogP contribution in [0.1, 0.15) is 72.6 Å². The number of likely N-dealkylation sites (N-methyl/N-ethyl adjacent to an activating group) is 1. The number of para-hydroxylation sites is 1. The van der Waals surface area contributed by atoms with E-state index < -0.39 is 30.1 Å². The highest BCUT2D eigenvalue weighted by Gasteiger charge is 2.48. The number of nitrogens with one attached hydrogen (secondary N) is 3. The molecule has 4 amide bonds. The van der Waals surface area contributed by atoms with Gasteiger partial charge in [-0.15, -0.1) is 0 Å². The number of aromatic nitrogens is 1. The van der Waals surface area contributed by atoms with Gasteiger partial charge in [0, 0.05) is 30.1 Å². The Morgan fingerprint density at radius 1 is 0.938 bits per heavy atom. The second-order valence-corrected chi connectivity index (χ2v) is 13.2. The van der Waals surface area contributed by atoms with Gasteiger partial charge in [0.2, 0.25) is 17.7 Å². The SMILES string of the molecule is C[C@@H](C(=O)N[C@H]1Cc2c([nH]c3ccccc23)[C@H]2CC[C@@H](C(=O)N[C@@H]3CCCc4ccccc43)N2C1=O)N(C)C(=O)OCc1ccccc1. The number of benzene rings is 3. The first-order valence-electron chi connectivity index (χ1n) is 16.8. The Kier molecular flexibility index (Phi) is 8.64. The standard InChI is InChI=1S/C38H41N5O5/c1-23(42(2)38(47)48-22-24-11-4-3-5-12-24)35(44)41-31-21-28-27-16-8-9-17-30(27)39-34(28)32-19-20-33(43(32)37(31)46)36(45)40-29-18-10-14-25-13-6-7-15-26(25)29/h3-9,11-13,15-17,23,29,31-33,39H,10,14,18-22H2,1-2H3,(H,40,45)(H,41,44)/t23-,29+,31-,32+,33-/m0/s1. The predicted molar refractivity (Wildman–Crippen MR) is 181 cm³/mol. The maximum atomic E-state index is 14.5. The van der Waals surface area contributed by atoms with Gasteiger partial charge in [-0.05, 0) is 67.3 Å². The van der Waals surface area contributed by atoms with Crippen LogP contribution in [-0.2, 0) is 38.6 Å². The van der Waals surface area contributed by atoms with Gasteiger partial charge in [0.05, 0.1) is 12.1 Å². The zero-order chi connectivity index (χ0) is 33.4. The molecule has 0 unspecified atom stereocenters. The third-order valence-electron chi connectivity index (χ3n) is 10.3. The number of nitrogens with zero attached hydrogens (tertiary/aromatic N) is 2. The number of hydrogen-bond donors (Lipinski definition) is 3. The Balaban J connectivity index is 1.12. The molecule has 7 rings (SSSR count). The molecule has 0 saturated carbocycles. The zero-order valence-corrected chi connectivity index (χ0v) is 27.3. The fraction of sp³-hybridized carbons (Fsp3) is 0.368. The molecular weight excluding hydrogens is 606 g/mol. The second kappa shape index (κ2) is 13.2. The molecule has 1 aromatic heterocycles. The number of aryl methyl sites for hydroxylation is 1. The van der Waals surface area contributed by atoms with Crippen LogP contribution < -0.4 is 10.6 Å². The Bertz CT molecular complexity index is 1850. The van der Waals surface area contributed by atoms with Crippen LogP contribution >= 0.6 is 0 Å². The van der Waals surface area contributed by atoms with Crippen LogP contribution in [0.4, 0.5) is 4.79 Å². The number of H-pyrrole nitrogens is 1. The first-order chi connectivity index (χ1) is 23.3. The first-order valence-corrected chi connectivity index (χ1v) is 16.8. The number of aromatic amines is 1. The van der Waals surface area contributed by atoms with E-state index in [1.54, 1.807) is 11.8 Å². The highest BCUT2D eigenvalue weighted by Crippen LogP contribution is 2.43. The van der Waals surface area contributed by atoms with Crippen LogP contribution in [0, 0.1) is 0 Å². The second-order valence-electron chi connectivity index (χ2n) is 13.2. The van der Waals surface area contributed by atoms with Crippen LogP contribution in [-0.4, -0.2) is 63.8 Å².